The first-order chi connectivity index (χ1) is 6.70. The van der Waals surface area contributed by atoms with Gasteiger partial charge in [-0.05, 0) is 25.5 Å². The quantitative estimate of drug-likeness (QED) is 0.514. The summed E-state index contributed by atoms with van der Waals surface area (Å²) < 4.78 is 12.1. The third-order valence-corrected chi connectivity index (χ3v) is 2.02. The van der Waals surface area contributed by atoms with E-state index in [1.807, 2.05) is 6.92 Å². The molecule has 0 saturated heterocycles. The van der Waals surface area contributed by atoms with E-state index in [2.05, 4.69) is 6.92 Å². The van der Waals surface area contributed by atoms with Gasteiger partial charge in [0.1, 0.15) is 5.82 Å². The van der Waals surface area contributed by atoms with E-state index < -0.39 is 0 Å². The van der Waals surface area contributed by atoms with Gasteiger partial charge in [-0.1, -0.05) is 37.5 Å². The molecule has 0 radical (unpaired) electrons. The molecule has 1 rings (SSSR count). The molecule has 0 aliphatic rings. The van der Waals surface area contributed by atoms with Crippen LogP contribution in [0.4, 0.5) is 4.39 Å². The fourth-order valence-electron chi connectivity index (χ4n) is 0.878. The van der Waals surface area contributed by atoms with E-state index in [9.17, 15) is 4.39 Å². The molecule has 80 valence electrons. The molecule has 0 amide bonds. The van der Waals surface area contributed by atoms with E-state index in [-0.39, 0.29) is 5.82 Å². The van der Waals surface area contributed by atoms with Gasteiger partial charge in [-0.3, -0.25) is 0 Å². The highest BCUT2D eigenvalue weighted by molar-refractivity contribution is 6.17. The molecule has 0 heterocycles. The van der Waals surface area contributed by atoms with Crippen LogP contribution in [0.2, 0.25) is 0 Å². The summed E-state index contributed by atoms with van der Waals surface area (Å²) in [6.45, 7) is 4.10. The van der Waals surface area contributed by atoms with E-state index in [1.54, 1.807) is 12.1 Å². The molecule has 0 bridgehead atoms. The van der Waals surface area contributed by atoms with Gasteiger partial charge in [-0.15, -0.1) is 11.6 Å². The van der Waals surface area contributed by atoms with Crippen molar-refractivity contribution in [3.8, 4) is 0 Å². The van der Waals surface area contributed by atoms with Crippen LogP contribution in [0.5, 0.6) is 0 Å². The summed E-state index contributed by atoms with van der Waals surface area (Å²) in [5, 5.41) is 0. The van der Waals surface area contributed by atoms with Crippen molar-refractivity contribution in [3.05, 3.63) is 35.6 Å². The second-order valence-corrected chi connectivity index (χ2v) is 3.57. The van der Waals surface area contributed by atoms with Gasteiger partial charge in [0.2, 0.25) is 0 Å². The molecule has 0 aliphatic carbocycles. The van der Waals surface area contributed by atoms with Crippen molar-refractivity contribution in [1.82, 2.24) is 0 Å². The third kappa shape index (κ3) is 8.06. The Morgan fingerprint density at radius 1 is 1.14 bits per heavy atom. The van der Waals surface area contributed by atoms with Crippen molar-refractivity contribution >= 4 is 11.6 Å². The van der Waals surface area contributed by atoms with Gasteiger partial charge in [0.05, 0.1) is 0 Å². The summed E-state index contributed by atoms with van der Waals surface area (Å²) in [6, 6.07) is 6.40. The van der Waals surface area contributed by atoms with Crippen molar-refractivity contribution < 1.29 is 4.39 Å². The molecule has 0 spiro atoms. The minimum atomic E-state index is -0.171. The third-order valence-electron chi connectivity index (χ3n) is 1.75. The van der Waals surface area contributed by atoms with Crippen LogP contribution in [0.3, 0.4) is 0 Å². The molecule has 0 atom stereocenters. The highest BCUT2D eigenvalue weighted by Gasteiger charge is 1.83. The lowest BCUT2D eigenvalue weighted by Gasteiger charge is -1.87. The van der Waals surface area contributed by atoms with E-state index in [4.69, 9.17) is 11.6 Å². The van der Waals surface area contributed by atoms with Crippen LogP contribution >= 0.6 is 11.6 Å². The zero-order valence-electron chi connectivity index (χ0n) is 8.89. The van der Waals surface area contributed by atoms with E-state index in [0.717, 1.165) is 11.4 Å². The number of unbranched alkanes of at least 4 members (excludes halogenated alkanes) is 2. The van der Waals surface area contributed by atoms with Crippen LogP contribution in [0.1, 0.15) is 31.7 Å². The maximum absolute atomic E-state index is 12.1. The van der Waals surface area contributed by atoms with Gasteiger partial charge in [0.25, 0.3) is 0 Å². The second-order valence-electron chi connectivity index (χ2n) is 3.19. The van der Waals surface area contributed by atoms with E-state index in [0.29, 0.717) is 0 Å². The Kier molecular flexibility index (Phi) is 8.65. The summed E-state index contributed by atoms with van der Waals surface area (Å²) in [5.74, 6) is 0.656. The Labute approximate surface area is 91.1 Å². The SMILES string of the molecule is CCCCCCl.Cc1ccc(F)cc1. The molecule has 1 aromatic rings. The predicted molar refractivity (Wildman–Crippen MR) is 61.4 cm³/mol. The fourth-order valence-corrected chi connectivity index (χ4v) is 1.07. The van der Waals surface area contributed by atoms with Gasteiger partial charge in [0, 0.05) is 5.88 Å². The molecule has 1 aromatic carbocycles. The summed E-state index contributed by atoms with van der Waals surface area (Å²) >= 11 is 5.38. The Hall–Kier alpha value is -0.560. The Morgan fingerprint density at radius 3 is 2.00 bits per heavy atom. The topological polar surface area (TPSA) is 0 Å². The number of rotatable bonds is 3. The zero-order chi connectivity index (χ0) is 10.8. The molecule has 0 aromatic heterocycles. The van der Waals surface area contributed by atoms with E-state index in [1.165, 1.54) is 31.4 Å². The fraction of sp³-hybridized carbons (Fsp3) is 0.500. The summed E-state index contributed by atoms with van der Waals surface area (Å²) in [7, 11) is 0. The van der Waals surface area contributed by atoms with Crippen molar-refractivity contribution in [3.63, 3.8) is 0 Å². The normalized spacial score (nSPS) is 9.14. The van der Waals surface area contributed by atoms with Gasteiger partial charge < -0.3 is 0 Å². The van der Waals surface area contributed by atoms with Crippen LogP contribution in [0.15, 0.2) is 24.3 Å². The first-order valence-corrected chi connectivity index (χ1v) is 5.52. The first kappa shape index (κ1) is 13.4. The number of aryl methyl sites for hydroxylation is 1. The maximum atomic E-state index is 12.1. The lowest BCUT2D eigenvalue weighted by atomic mass is 10.2. The maximum Gasteiger partial charge on any atom is 0.123 e. The minimum Gasteiger partial charge on any atom is -0.207 e. The standard InChI is InChI=1S/C7H7F.C5H11Cl/c1-6-2-4-7(8)5-3-6;1-2-3-4-5-6/h2-5H,1H3;2-5H2,1H3. The predicted octanol–water partition coefficient (Wildman–Crippen LogP) is 4.55. The molecule has 0 fully saturated rings. The first-order valence-electron chi connectivity index (χ1n) is 4.98. The van der Waals surface area contributed by atoms with Crippen LogP contribution in [-0.4, -0.2) is 5.88 Å². The molecule has 14 heavy (non-hydrogen) atoms. The molecule has 0 nitrogen and oxygen atoms in total. The summed E-state index contributed by atoms with van der Waals surface area (Å²) in [6.07, 6.45) is 3.73. The smallest absolute Gasteiger partial charge is 0.123 e. The summed E-state index contributed by atoms with van der Waals surface area (Å²) in [5.41, 5.74) is 1.09. The molecule has 2 heteroatoms. The molecule has 0 N–H and O–H groups in total. The van der Waals surface area contributed by atoms with Crippen molar-refractivity contribution in [2.75, 3.05) is 5.88 Å². The number of hydrogen-bond donors (Lipinski definition) is 0. The van der Waals surface area contributed by atoms with E-state index >= 15 is 0 Å². The van der Waals surface area contributed by atoms with Crippen LogP contribution in [-0.2, 0) is 0 Å². The zero-order valence-corrected chi connectivity index (χ0v) is 9.65. The summed E-state index contributed by atoms with van der Waals surface area (Å²) in [4.78, 5) is 0. The monoisotopic (exact) mass is 216 g/mol. The van der Waals surface area contributed by atoms with Crippen molar-refractivity contribution in [2.24, 2.45) is 0 Å². The molecular weight excluding hydrogens is 199 g/mol. The number of benzene rings is 1. The van der Waals surface area contributed by atoms with Crippen LogP contribution < -0.4 is 0 Å². The van der Waals surface area contributed by atoms with Gasteiger partial charge in [0.15, 0.2) is 0 Å². The highest BCUT2D eigenvalue weighted by atomic mass is 35.5. The largest absolute Gasteiger partial charge is 0.207 e. The number of hydrogen-bond acceptors (Lipinski definition) is 0. The Morgan fingerprint density at radius 2 is 1.71 bits per heavy atom. The molecule has 0 saturated carbocycles. The number of halogens is 2. The lowest BCUT2D eigenvalue weighted by Crippen LogP contribution is -1.71. The molecular formula is C12H18ClF. The Balaban J connectivity index is 0.000000255. The van der Waals surface area contributed by atoms with Crippen molar-refractivity contribution in [1.29, 1.82) is 0 Å². The average molecular weight is 217 g/mol. The van der Waals surface area contributed by atoms with Crippen molar-refractivity contribution in [2.45, 2.75) is 33.1 Å². The molecule has 0 unspecified atom stereocenters. The lowest BCUT2D eigenvalue weighted by molar-refractivity contribution is 0.627. The van der Waals surface area contributed by atoms with Crippen LogP contribution in [0, 0.1) is 12.7 Å². The van der Waals surface area contributed by atoms with Gasteiger partial charge in [-0.2, -0.15) is 0 Å². The van der Waals surface area contributed by atoms with Gasteiger partial charge >= 0.3 is 0 Å². The highest BCUT2D eigenvalue weighted by Crippen LogP contribution is 1.98. The van der Waals surface area contributed by atoms with Gasteiger partial charge in [-0.25, -0.2) is 4.39 Å². The number of alkyl halides is 1. The Bertz CT molecular complexity index is 193. The second kappa shape index (κ2) is 9.01. The average Bonchev–Trinajstić information content (AvgIpc) is 2.20. The molecule has 0 aliphatic heterocycles. The van der Waals surface area contributed by atoms with Crippen LogP contribution in [0.25, 0.3) is 0 Å². The minimum absolute atomic E-state index is 0.171.